The second-order valence-corrected chi connectivity index (χ2v) is 5.21. The molecule has 0 spiro atoms. The van der Waals surface area contributed by atoms with Crippen molar-refractivity contribution < 1.29 is 17.9 Å². The molecule has 0 saturated heterocycles. The number of anilines is 2. The van der Waals surface area contributed by atoms with E-state index in [4.69, 9.17) is 0 Å². The Morgan fingerprint density at radius 3 is 2.29 bits per heavy atom. The van der Waals surface area contributed by atoms with E-state index in [1.54, 1.807) is 31.0 Å². The van der Waals surface area contributed by atoms with Crippen molar-refractivity contribution in [3.05, 3.63) is 54.4 Å². The highest BCUT2D eigenvalue weighted by Crippen LogP contribution is 2.30. The molecule has 0 fully saturated rings. The van der Waals surface area contributed by atoms with E-state index in [1.165, 1.54) is 12.1 Å². The quantitative estimate of drug-likeness (QED) is 0.702. The summed E-state index contributed by atoms with van der Waals surface area (Å²) in [7, 11) is 1.80. The molecular formula is C17H14F3N3O. The summed E-state index contributed by atoms with van der Waals surface area (Å²) in [6.07, 6.45) is -4.70. The molecule has 0 radical (unpaired) electrons. The molecule has 4 nitrogen and oxygen atoms in total. The van der Waals surface area contributed by atoms with Gasteiger partial charge >= 0.3 is 6.36 Å². The maximum Gasteiger partial charge on any atom is 0.573 e. The number of aryl methyl sites for hydroxylation is 1. The molecule has 0 amide bonds. The molecule has 3 rings (SSSR count). The minimum atomic E-state index is -4.70. The summed E-state index contributed by atoms with van der Waals surface area (Å²) < 4.78 is 40.6. The van der Waals surface area contributed by atoms with Crippen LogP contribution in [-0.4, -0.2) is 23.4 Å². The molecule has 124 valence electrons. The van der Waals surface area contributed by atoms with E-state index in [0.717, 1.165) is 10.9 Å². The molecule has 24 heavy (non-hydrogen) atoms. The third kappa shape index (κ3) is 3.40. The number of alkyl halides is 3. The number of ether oxygens (including phenoxy) is 1. The van der Waals surface area contributed by atoms with Gasteiger partial charge in [0.2, 0.25) is 0 Å². The fourth-order valence-electron chi connectivity index (χ4n) is 2.42. The first-order valence-electron chi connectivity index (χ1n) is 7.16. The van der Waals surface area contributed by atoms with Crippen molar-refractivity contribution in [2.24, 2.45) is 0 Å². The Hall–Kier alpha value is -2.83. The van der Waals surface area contributed by atoms with E-state index in [1.807, 2.05) is 24.3 Å². The summed E-state index contributed by atoms with van der Waals surface area (Å²) in [5.41, 5.74) is 1.50. The van der Waals surface area contributed by atoms with Crippen molar-refractivity contribution >= 4 is 22.4 Å². The van der Waals surface area contributed by atoms with Gasteiger partial charge in [-0.1, -0.05) is 12.1 Å². The van der Waals surface area contributed by atoms with Gasteiger partial charge in [-0.3, -0.25) is 0 Å². The van der Waals surface area contributed by atoms with Gasteiger partial charge in [0, 0.05) is 18.1 Å². The van der Waals surface area contributed by atoms with Crippen LogP contribution in [0.4, 0.5) is 24.7 Å². The fourth-order valence-corrected chi connectivity index (χ4v) is 2.42. The molecular weight excluding hydrogens is 319 g/mol. The highest BCUT2D eigenvalue weighted by Gasteiger charge is 2.31. The number of aromatic nitrogens is 2. The molecule has 0 N–H and O–H groups in total. The number of fused-ring (bicyclic) bond motifs is 1. The first kappa shape index (κ1) is 16.0. The summed E-state index contributed by atoms with van der Waals surface area (Å²) in [5.74, 6) is 1.04. The molecule has 0 aliphatic carbocycles. The maximum atomic E-state index is 12.2. The Bertz CT molecular complexity index is 863. The Morgan fingerprint density at radius 2 is 1.62 bits per heavy atom. The predicted octanol–water partition coefficient (Wildman–Crippen LogP) is 4.60. The lowest BCUT2D eigenvalue weighted by Gasteiger charge is -2.21. The van der Waals surface area contributed by atoms with Crippen LogP contribution in [0.5, 0.6) is 5.75 Å². The number of para-hydroxylation sites is 1. The lowest BCUT2D eigenvalue weighted by atomic mass is 10.2. The number of benzene rings is 2. The van der Waals surface area contributed by atoms with E-state index < -0.39 is 6.36 Å². The first-order chi connectivity index (χ1) is 11.3. The SMILES string of the molecule is Cc1nc(N(C)c2ccc(OC(F)(F)F)cc2)c2ccccc2n1. The number of halogens is 3. The van der Waals surface area contributed by atoms with E-state index >= 15 is 0 Å². The van der Waals surface area contributed by atoms with E-state index in [-0.39, 0.29) is 5.75 Å². The summed E-state index contributed by atoms with van der Waals surface area (Å²) in [6.45, 7) is 1.80. The molecule has 0 atom stereocenters. The van der Waals surface area contributed by atoms with Gasteiger partial charge in [-0.15, -0.1) is 13.2 Å². The van der Waals surface area contributed by atoms with Crippen LogP contribution < -0.4 is 9.64 Å². The van der Waals surface area contributed by atoms with Crippen molar-refractivity contribution in [1.29, 1.82) is 0 Å². The second kappa shape index (κ2) is 5.99. The average molecular weight is 333 g/mol. The van der Waals surface area contributed by atoms with Gasteiger partial charge in [-0.05, 0) is 43.3 Å². The number of nitrogens with zero attached hydrogens (tertiary/aromatic N) is 3. The Morgan fingerprint density at radius 1 is 0.958 bits per heavy atom. The average Bonchev–Trinajstić information content (AvgIpc) is 2.52. The Labute approximate surface area is 136 Å². The van der Waals surface area contributed by atoms with E-state index in [2.05, 4.69) is 14.7 Å². The molecule has 0 aliphatic heterocycles. The molecule has 0 saturated carbocycles. The molecule has 0 aliphatic rings. The monoisotopic (exact) mass is 333 g/mol. The van der Waals surface area contributed by atoms with Crippen molar-refractivity contribution in [2.75, 3.05) is 11.9 Å². The predicted molar refractivity (Wildman–Crippen MR) is 85.5 cm³/mol. The molecule has 3 aromatic rings. The van der Waals surface area contributed by atoms with Crippen LogP contribution in [0.25, 0.3) is 10.9 Å². The van der Waals surface area contributed by atoms with Gasteiger partial charge in [0.1, 0.15) is 17.4 Å². The van der Waals surface area contributed by atoms with Gasteiger partial charge in [0.15, 0.2) is 0 Å². The zero-order valence-corrected chi connectivity index (χ0v) is 13.0. The van der Waals surface area contributed by atoms with Gasteiger partial charge in [-0.25, -0.2) is 9.97 Å². The summed E-state index contributed by atoms with van der Waals surface area (Å²) in [4.78, 5) is 10.6. The highest BCUT2D eigenvalue weighted by molar-refractivity contribution is 5.91. The smallest absolute Gasteiger partial charge is 0.406 e. The topological polar surface area (TPSA) is 38.2 Å². The zero-order valence-electron chi connectivity index (χ0n) is 13.0. The minimum absolute atomic E-state index is 0.261. The number of hydrogen-bond acceptors (Lipinski definition) is 4. The highest BCUT2D eigenvalue weighted by atomic mass is 19.4. The third-order valence-corrected chi connectivity index (χ3v) is 3.47. The van der Waals surface area contributed by atoms with Crippen molar-refractivity contribution in [3.63, 3.8) is 0 Å². The molecule has 2 aromatic carbocycles. The fraction of sp³-hybridized carbons (Fsp3) is 0.176. The van der Waals surface area contributed by atoms with Crippen LogP contribution in [0.15, 0.2) is 48.5 Å². The van der Waals surface area contributed by atoms with Crippen LogP contribution in [0.2, 0.25) is 0 Å². The van der Waals surface area contributed by atoms with Gasteiger partial charge in [0.25, 0.3) is 0 Å². The lowest BCUT2D eigenvalue weighted by molar-refractivity contribution is -0.274. The standard InChI is InChI=1S/C17H14F3N3O/c1-11-21-15-6-4-3-5-14(15)16(22-11)23(2)12-7-9-13(10-8-12)24-17(18,19)20/h3-10H,1-2H3. The van der Waals surface area contributed by atoms with E-state index in [0.29, 0.717) is 17.3 Å². The third-order valence-electron chi connectivity index (χ3n) is 3.47. The van der Waals surface area contributed by atoms with Crippen LogP contribution in [-0.2, 0) is 0 Å². The van der Waals surface area contributed by atoms with Gasteiger partial charge in [-0.2, -0.15) is 0 Å². The normalized spacial score (nSPS) is 11.5. The van der Waals surface area contributed by atoms with Crippen molar-refractivity contribution in [3.8, 4) is 5.75 Å². The Kier molecular flexibility index (Phi) is 4.01. The largest absolute Gasteiger partial charge is 0.573 e. The van der Waals surface area contributed by atoms with Crippen LogP contribution >= 0.6 is 0 Å². The minimum Gasteiger partial charge on any atom is -0.406 e. The molecule has 0 bridgehead atoms. The van der Waals surface area contributed by atoms with Gasteiger partial charge < -0.3 is 9.64 Å². The molecule has 1 heterocycles. The van der Waals surface area contributed by atoms with Crippen LogP contribution in [0, 0.1) is 6.92 Å². The number of rotatable bonds is 3. The summed E-state index contributed by atoms with van der Waals surface area (Å²) in [5, 5.41) is 0.862. The maximum absolute atomic E-state index is 12.2. The van der Waals surface area contributed by atoms with Crippen molar-refractivity contribution in [2.45, 2.75) is 13.3 Å². The second-order valence-electron chi connectivity index (χ2n) is 5.21. The van der Waals surface area contributed by atoms with E-state index in [9.17, 15) is 13.2 Å². The Balaban J connectivity index is 1.96. The molecule has 1 aromatic heterocycles. The van der Waals surface area contributed by atoms with Gasteiger partial charge in [0.05, 0.1) is 5.52 Å². The summed E-state index contributed by atoms with van der Waals surface area (Å²) in [6, 6.07) is 13.2. The molecule has 7 heteroatoms. The lowest BCUT2D eigenvalue weighted by Crippen LogP contribution is -2.17. The molecule has 0 unspecified atom stereocenters. The summed E-state index contributed by atoms with van der Waals surface area (Å²) >= 11 is 0. The van der Waals surface area contributed by atoms with Crippen LogP contribution in [0.3, 0.4) is 0 Å². The zero-order chi connectivity index (χ0) is 17.3. The number of hydrogen-bond donors (Lipinski definition) is 0. The first-order valence-corrected chi connectivity index (χ1v) is 7.16. The van der Waals surface area contributed by atoms with Crippen LogP contribution in [0.1, 0.15) is 5.82 Å². The van der Waals surface area contributed by atoms with Crippen molar-refractivity contribution in [1.82, 2.24) is 9.97 Å².